The minimum atomic E-state index is -3.22. The van der Waals surface area contributed by atoms with Crippen molar-refractivity contribution in [2.24, 2.45) is 0 Å². The molecule has 8 heteroatoms. The van der Waals surface area contributed by atoms with Crippen molar-refractivity contribution in [1.82, 2.24) is 9.21 Å². The zero-order valence-corrected chi connectivity index (χ0v) is 12.5. The van der Waals surface area contributed by atoms with Crippen LogP contribution in [0.3, 0.4) is 0 Å². The lowest BCUT2D eigenvalue weighted by molar-refractivity contribution is -0.134. The highest BCUT2D eigenvalue weighted by Gasteiger charge is 2.26. The number of sulfonamides is 1. The van der Waals surface area contributed by atoms with E-state index in [2.05, 4.69) is 0 Å². The van der Waals surface area contributed by atoms with Crippen LogP contribution in [0, 0.1) is 5.82 Å². The molecule has 6 nitrogen and oxygen atoms in total. The molecule has 1 amide bonds. The molecule has 2 rings (SSSR count). The monoisotopic (exact) mass is 316 g/mol. The van der Waals surface area contributed by atoms with Crippen LogP contribution in [0.25, 0.3) is 0 Å². The average molecular weight is 316 g/mol. The third-order valence-corrected chi connectivity index (χ3v) is 4.55. The van der Waals surface area contributed by atoms with E-state index in [4.69, 9.17) is 4.74 Å². The van der Waals surface area contributed by atoms with Gasteiger partial charge >= 0.3 is 0 Å². The lowest BCUT2D eigenvalue weighted by Crippen LogP contribution is -2.51. The summed E-state index contributed by atoms with van der Waals surface area (Å²) in [6.07, 6.45) is 1.14. The third kappa shape index (κ3) is 4.15. The topological polar surface area (TPSA) is 66.9 Å². The van der Waals surface area contributed by atoms with Crippen molar-refractivity contribution in [3.63, 3.8) is 0 Å². The van der Waals surface area contributed by atoms with Gasteiger partial charge in [0.15, 0.2) is 18.2 Å². The van der Waals surface area contributed by atoms with Crippen molar-refractivity contribution in [1.29, 1.82) is 0 Å². The van der Waals surface area contributed by atoms with Gasteiger partial charge in [0.25, 0.3) is 5.91 Å². The molecular weight excluding hydrogens is 299 g/mol. The molecule has 1 fully saturated rings. The fraction of sp³-hybridized carbons (Fsp3) is 0.462. The molecule has 1 aliphatic rings. The molecule has 0 spiro atoms. The molecule has 0 saturated carbocycles. The predicted molar refractivity (Wildman–Crippen MR) is 74.9 cm³/mol. The number of piperazine rings is 1. The Morgan fingerprint density at radius 3 is 2.43 bits per heavy atom. The summed E-state index contributed by atoms with van der Waals surface area (Å²) in [4.78, 5) is 13.5. The summed E-state index contributed by atoms with van der Waals surface area (Å²) < 4.78 is 42.6. The van der Waals surface area contributed by atoms with E-state index in [0.717, 1.165) is 6.26 Å². The maximum atomic E-state index is 13.3. The summed E-state index contributed by atoms with van der Waals surface area (Å²) in [5.41, 5.74) is 0. The van der Waals surface area contributed by atoms with Gasteiger partial charge in [0.1, 0.15) is 0 Å². The van der Waals surface area contributed by atoms with E-state index in [1.165, 1.54) is 27.4 Å². The molecule has 116 valence electrons. The van der Waals surface area contributed by atoms with Crippen LogP contribution < -0.4 is 4.74 Å². The van der Waals surface area contributed by atoms with Gasteiger partial charge in [-0.3, -0.25) is 4.79 Å². The van der Waals surface area contributed by atoms with E-state index < -0.39 is 15.8 Å². The number of nitrogens with zero attached hydrogens (tertiary/aromatic N) is 2. The van der Waals surface area contributed by atoms with E-state index in [-0.39, 0.29) is 31.4 Å². The Balaban J connectivity index is 1.84. The zero-order chi connectivity index (χ0) is 15.5. The Morgan fingerprint density at radius 2 is 1.86 bits per heavy atom. The van der Waals surface area contributed by atoms with Gasteiger partial charge in [0, 0.05) is 26.2 Å². The van der Waals surface area contributed by atoms with Gasteiger partial charge in [-0.1, -0.05) is 12.1 Å². The molecule has 1 aliphatic heterocycles. The van der Waals surface area contributed by atoms with E-state index >= 15 is 0 Å². The van der Waals surface area contributed by atoms with Crippen LogP contribution in [-0.2, 0) is 14.8 Å². The Kier molecular flexibility index (Phi) is 4.79. The summed E-state index contributed by atoms with van der Waals surface area (Å²) >= 11 is 0. The van der Waals surface area contributed by atoms with E-state index in [1.807, 2.05) is 0 Å². The highest BCUT2D eigenvalue weighted by atomic mass is 32.2. The average Bonchev–Trinajstić information content (AvgIpc) is 2.45. The number of para-hydroxylation sites is 1. The van der Waals surface area contributed by atoms with Crippen molar-refractivity contribution in [2.45, 2.75) is 0 Å². The van der Waals surface area contributed by atoms with Gasteiger partial charge in [0.05, 0.1) is 6.26 Å². The van der Waals surface area contributed by atoms with Crippen molar-refractivity contribution < 1.29 is 22.3 Å². The Labute approximate surface area is 123 Å². The van der Waals surface area contributed by atoms with Crippen molar-refractivity contribution in [3.05, 3.63) is 30.1 Å². The van der Waals surface area contributed by atoms with E-state index in [0.29, 0.717) is 13.1 Å². The summed E-state index contributed by atoms with van der Waals surface area (Å²) in [6.45, 7) is 0.896. The second-order valence-electron chi connectivity index (χ2n) is 4.76. The number of rotatable bonds is 4. The minimum Gasteiger partial charge on any atom is -0.481 e. The van der Waals surface area contributed by atoms with Gasteiger partial charge in [-0.05, 0) is 12.1 Å². The number of hydrogen-bond donors (Lipinski definition) is 0. The van der Waals surface area contributed by atoms with Crippen LogP contribution in [0.1, 0.15) is 0 Å². The fourth-order valence-corrected chi connectivity index (χ4v) is 2.89. The van der Waals surface area contributed by atoms with E-state index in [1.54, 1.807) is 6.07 Å². The maximum absolute atomic E-state index is 13.3. The lowest BCUT2D eigenvalue weighted by atomic mass is 10.3. The van der Waals surface area contributed by atoms with Crippen LogP contribution in [-0.4, -0.2) is 62.6 Å². The Hall–Kier alpha value is -1.67. The van der Waals surface area contributed by atoms with E-state index in [9.17, 15) is 17.6 Å². The quantitative estimate of drug-likeness (QED) is 0.802. The fourth-order valence-electron chi connectivity index (χ4n) is 2.06. The smallest absolute Gasteiger partial charge is 0.260 e. The minimum absolute atomic E-state index is 0.0284. The third-order valence-electron chi connectivity index (χ3n) is 3.25. The van der Waals surface area contributed by atoms with Gasteiger partial charge in [-0.2, -0.15) is 4.31 Å². The van der Waals surface area contributed by atoms with Crippen LogP contribution >= 0.6 is 0 Å². The van der Waals surface area contributed by atoms with Gasteiger partial charge in [-0.15, -0.1) is 0 Å². The molecule has 1 heterocycles. The molecule has 21 heavy (non-hydrogen) atoms. The van der Waals surface area contributed by atoms with Gasteiger partial charge in [0.2, 0.25) is 10.0 Å². The summed E-state index contributed by atoms with van der Waals surface area (Å²) in [6, 6.07) is 5.86. The first-order chi connectivity index (χ1) is 9.88. The number of carbonyl (C=O) groups is 1. The molecular formula is C13H17FN2O4S. The van der Waals surface area contributed by atoms with Crippen LogP contribution in [0.4, 0.5) is 4.39 Å². The Morgan fingerprint density at radius 1 is 1.24 bits per heavy atom. The van der Waals surface area contributed by atoms with Crippen molar-refractivity contribution in [3.8, 4) is 5.75 Å². The number of amides is 1. The van der Waals surface area contributed by atoms with Gasteiger partial charge in [-0.25, -0.2) is 12.8 Å². The molecule has 0 N–H and O–H groups in total. The molecule has 0 aromatic heterocycles. The number of benzene rings is 1. The SMILES string of the molecule is CS(=O)(=O)N1CCN(C(=O)COc2ccccc2F)CC1. The molecule has 0 unspecified atom stereocenters. The standard InChI is InChI=1S/C13H17FN2O4S/c1-21(18,19)16-8-6-15(7-9-16)13(17)10-20-12-5-3-2-4-11(12)14/h2-5H,6-10H2,1H3. The van der Waals surface area contributed by atoms with Crippen molar-refractivity contribution >= 4 is 15.9 Å². The van der Waals surface area contributed by atoms with Crippen molar-refractivity contribution in [2.75, 3.05) is 39.0 Å². The predicted octanol–water partition coefficient (Wildman–Crippen LogP) is 0.308. The van der Waals surface area contributed by atoms with Crippen LogP contribution in [0.15, 0.2) is 24.3 Å². The second kappa shape index (κ2) is 6.40. The first-order valence-electron chi connectivity index (χ1n) is 6.48. The summed E-state index contributed by atoms with van der Waals surface area (Å²) in [7, 11) is -3.22. The maximum Gasteiger partial charge on any atom is 0.260 e. The highest BCUT2D eigenvalue weighted by Crippen LogP contribution is 2.15. The normalized spacial score (nSPS) is 16.8. The molecule has 1 saturated heterocycles. The van der Waals surface area contributed by atoms with Crippen LogP contribution in [0.5, 0.6) is 5.75 Å². The first-order valence-corrected chi connectivity index (χ1v) is 8.33. The molecule has 1 aromatic carbocycles. The van der Waals surface area contributed by atoms with Gasteiger partial charge < -0.3 is 9.64 Å². The number of ether oxygens (including phenoxy) is 1. The molecule has 1 aromatic rings. The highest BCUT2D eigenvalue weighted by molar-refractivity contribution is 7.88. The first kappa shape index (κ1) is 15.7. The number of halogens is 1. The molecule has 0 radical (unpaired) electrons. The number of carbonyl (C=O) groups excluding carboxylic acids is 1. The largest absolute Gasteiger partial charge is 0.481 e. The molecule has 0 aliphatic carbocycles. The zero-order valence-electron chi connectivity index (χ0n) is 11.7. The second-order valence-corrected chi connectivity index (χ2v) is 6.74. The lowest BCUT2D eigenvalue weighted by Gasteiger charge is -2.33. The summed E-state index contributed by atoms with van der Waals surface area (Å²) in [5, 5.41) is 0. The summed E-state index contributed by atoms with van der Waals surface area (Å²) in [5.74, 6) is -0.778. The molecule has 0 bridgehead atoms. The Bertz CT molecular complexity index is 612. The number of hydrogen-bond acceptors (Lipinski definition) is 4. The van der Waals surface area contributed by atoms with Crippen LogP contribution in [0.2, 0.25) is 0 Å². The molecule has 0 atom stereocenters.